The highest BCUT2D eigenvalue weighted by molar-refractivity contribution is 7.85. The molecule has 0 saturated heterocycles. The van der Waals surface area contributed by atoms with Crippen LogP contribution >= 0.6 is 11.3 Å². The molecule has 0 spiro atoms. The first-order valence-corrected chi connectivity index (χ1v) is 15.1. The van der Waals surface area contributed by atoms with Crippen molar-refractivity contribution in [2.75, 3.05) is 18.6 Å². The molecule has 1 aromatic heterocycles. The van der Waals surface area contributed by atoms with Crippen molar-refractivity contribution in [2.24, 2.45) is 0 Å². The summed E-state index contributed by atoms with van der Waals surface area (Å²) >= 11 is 1.53. The molecule has 1 N–H and O–H groups in total. The standard InChI is InChI=1S/C30H29N3O5S2/c1-4-21(17-29-32(5-2)25-19-23(15-16-26(25)38-29)22-11-7-6-8-12-22)18-30-33(20-28(34)31-40(35,36)37-3)24-13-9-10-14-27(24)39-30/h6-19H,4-5,20H2,1-3H3/p+1. The summed E-state index contributed by atoms with van der Waals surface area (Å²) in [7, 11) is -3.14. The van der Waals surface area contributed by atoms with Crippen molar-refractivity contribution in [1.82, 2.24) is 4.72 Å². The Balaban J connectivity index is 1.49. The number of nitrogens with one attached hydrogen (secondary N) is 1. The van der Waals surface area contributed by atoms with Crippen molar-refractivity contribution in [3.63, 3.8) is 0 Å². The van der Waals surface area contributed by atoms with E-state index in [4.69, 9.17) is 4.74 Å². The number of ether oxygens (including phenoxy) is 1. The third kappa shape index (κ3) is 5.79. The van der Waals surface area contributed by atoms with E-state index in [0.717, 1.165) is 62.9 Å². The van der Waals surface area contributed by atoms with Crippen molar-refractivity contribution < 1.29 is 26.7 Å². The van der Waals surface area contributed by atoms with E-state index in [9.17, 15) is 13.2 Å². The summed E-state index contributed by atoms with van der Waals surface area (Å²) in [6.45, 7) is 4.69. The molecule has 1 aliphatic rings. The number of thiazole rings is 1. The van der Waals surface area contributed by atoms with Crippen LogP contribution in [0.5, 0.6) is 5.75 Å². The molecule has 2 heterocycles. The maximum Gasteiger partial charge on any atom is 0.362 e. The van der Waals surface area contributed by atoms with Crippen molar-refractivity contribution in [1.29, 1.82) is 0 Å². The summed E-state index contributed by atoms with van der Waals surface area (Å²) in [6, 6.07) is 24.2. The molecule has 10 heteroatoms. The number of rotatable bonds is 9. The average Bonchev–Trinajstić information content (AvgIpc) is 3.49. The average molecular weight is 577 g/mol. The van der Waals surface area contributed by atoms with Gasteiger partial charge in [-0.15, -0.1) is 0 Å². The van der Waals surface area contributed by atoms with E-state index in [-0.39, 0.29) is 6.54 Å². The van der Waals surface area contributed by atoms with E-state index in [2.05, 4.69) is 47.2 Å². The van der Waals surface area contributed by atoms with Gasteiger partial charge >= 0.3 is 16.2 Å². The van der Waals surface area contributed by atoms with Gasteiger partial charge in [0.2, 0.25) is 17.9 Å². The van der Waals surface area contributed by atoms with Crippen molar-refractivity contribution in [3.05, 3.63) is 95.3 Å². The summed E-state index contributed by atoms with van der Waals surface area (Å²) in [5, 5.41) is 0.810. The number of benzene rings is 3. The zero-order valence-electron chi connectivity index (χ0n) is 22.5. The van der Waals surface area contributed by atoms with Gasteiger partial charge in [-0.25, -0.2) is 4.72 Å². The minimum absolute atomic E-state index is 0.183. The lowest BCUT2D eigenvalue weighted by Crippen LogP contribution is -2.45. The quantitative estimate of drug-likeness (QED) is 0.268. The van der Waals surface area contributed by atoms with Gasteiger partial charge in [-0.3, -0.25) is 8.98 Å². The molecule has 0 fully saturated rings. The first kappa shape index (κ1) is 27.6. The van der Waals surface area contributed by atoms with E-state index < -0.39 is 16.2 Å². The van der Waals surface area contributed by atoms with Crippen LogP contribution in [-0.2, 0) is 25.8 Å². The second-order valence-electron chi connectivity index (χ2n) is 9.09. The van der Waals surface area contributed by atoms with Gasteiger partial charge in [0.1, 0.15) is 4.70 Å². The summed E-state index contributed by atoms with van der Waals surface area (Å²) in [6.07, 6.45) is 4.76. The number of fused-ring (bicyclic) bond motifs is 2. The Labute approximate surface area is 238 Å². The third-order valence-corrected chi connectivity index (χ3v) is 8.61. The molecule has 206 valence electrons. The van der Waals surface area contributed by atoms with Crippen molar-refractivity contribution in [3.8, 4) is 16.9 Å². The number of amides is 1. The number of carbonyl (C=O) groups is 1. The Bertz CT molecular complexity index is 1730. The summed E-state index contributed by atoms with van der Waals surface area (Å²) < 4.78 is 38.9. The lowest BCUT2D eigenvalue weighted by molar-refractivity contribution is -0.655. The maximum absolute atomic E-state index is 12.6. The predicted octanol–water partition coefficient (Wildman–Crippen LogP) is 5.42. The summed E-state index contributed by atoms with van der Waals surface area (Å²) in [5.74, 6) is 0.839. The number of anilines is 1. The number of aromatic nitrogens is 1. The van der Waals surface area contributed by atoms with Gasteiger partial charge in [0.25, 0.3) is 5.01 Å². The molecule has 8 nitrogen and oxygen atoms in total. The van der Waals surface area contributed by atoms with Crippen LogP contribution in [0.15, 0.2) is 90.3 Å². The van der Waals surface area contributed by atoms with E-state index in [1.165, 1.54) is 11.3 Å². The first-order chi connectivity index (χ1) is 19.3. The van der Waals surface area contributed by atoms with Crippen molar-refractivity contribution >= 4 is 49.5 Å². The van der Waals surface area contributed by atoms with Gasteiger partial charge in [0.05, 0.1) is 12.8 Å². The number of hydrogen-bond donors (Lipinski definition) is 1. The van der Waals surface area contributed by atoms with E-state index in [1.807, 2.05) is 70.0 Å². The molecule has 4 aromatic rings. The van der Waals surface area contributed by atoms with Gasteiger partial charge < -0.3 is 9.64 Å². The van der Waals surface area contributed by atoms with Crippen LogP contribution in [0.3, 0.4) is 0 Å². The highest BCUT2D eigenvalue weighted by Crippen LogP contribution is 2.42. The Morgan fingerprint density at radius 1 is 1.05 bits per heavy atom. The normalized spacial score (nSPS) is 14.4. The fourth-order valence-electron chi connectivity index (χ4n) is 4.59. The van der Waals surface area contributed by atoms with Crippen molar-refractivity contribution in [2.45, 2.75) is 26.8 Å². The number of carbonyl (C=O) groups excluding carboxylic acids is 1. The molecule has 0 radical (unpaired) electrons. The molecule has 3 aromatic carbocycles. The minimum atomic E-state index is -4.14. The summed E-state index contributed by atoms with van der Waals surface area (Å²) in [4.78, 5) is 14.8. The molecule has 1 amide bonds. The van der Waals surface area contributed by atoms with Crippen LogP contribution in [0.4, 0.5) is 5.69 Å². The van der Waals surface area contributed by atoms with Gasteiger partial charge in [0, 0.05) is 24.8 Å². The minimum Gasteiger partial charge on any atom is -0.439 e. The van der Waals surface area contributed by atoms with Crippen LogP contribution in [0.1, 0.15) is 25.3 Å². The largest absolute Gasteiger partial charge is 0.439 e. The molecule has 0 unspecified atom stereocenters. The van der Waals surface area contributed by atoms with E-state index in [0.29, 0.717) is 6.42 Å². The number of nitrogens with zero attached hydrogens (tertiary/aromatic N) is 2. The number of allylic oxidation sites excluding steroid dienone is 2. The number of para-hydroxylation sites is 1. The van der Waals surface area contributed by atoms with E-state index in [1.54, 1.807) is 0 Å². The molecule has 5 rings (SSSR count). The highest BCUT2D eigenvalue weighted by atomic mass is 32.2. The fourth-order valence-corrected chi connectivity index (χ4v) is 6.15. The zero-order chi connectivity index (χ0) is 28.3. The first-order valence-electron chi connectivity index (χ1n) is 12.9. The molecule has 0 bridgehead atoms. The molecule has 0 saturated carbocycles. The Morgan fingerprint density at radius 3 is 2.52 bits per heavy atom. The Hall–Kier alpha value is -3.99. The molecule has 0 atom stereocenters. The van der Waals surface area contributed by atoms with Crippen LogP contribution in [0.2, 0.25) is 0 Å². The Kier molecular flexibility index (Phi) is 8.02. The maximum atomic E-state index is 12.6. The van der Waals surface area contributed by atoms with Crippen LogP contribution < -0.4 is 18.9 Å². The lowest BCUT2D eigenvalue weighted by atomic mass is 10.0. The number of hydrogen-bond acceptors (Lipinski definition) is 7. The van der Waals surface area contributed by atoms with Gasteiger partial charge in [0.15, 0.2) is 5.75 Å². The SMILES string of the molecule is CCC(=Cc1sc2ccccc2[n+]1CC(=O)NS(=O)(=O)OC)C=C1Oc2ccc(-c3ccccc3)cc2N1CC. The zero-order valence-corrected chi connectivity index (χ0v) is 24.1. The molecule has 1 aliphatic heterocycles. The highest BCUT2D eigenvalue weighted by Gasteiger charge is 2.27. The van der Waals surface area contributed by atoms with E-state index >= 15 is 0 Å². The van der Waals surface area contributed by atoms with Gasteiger partial charge in [-0.1, -0.05) is 66.8 Å². The molecular formula is C30H30N3O5S2+. The lowest BCUT2D eigenvalue weighted by Gasteiger charge is -2.16. The van der Waals surface area contributed by atoms with Gasteiger partial charge in [-0.2, -0.15) is 13.0 Å². The second kappa shape index (κ2) is 11.6. The molecular weight excluding hydrogens is 546 g/mol. The topological polar surface area (TPSA) is 88.8 Å². The Morgan fingerprint density at radius 2 is 1.80 bits per heavy atom. The monoisotopic (exact) mass is 576 g/mol. The third-order valence-electron chi connectivity index (χ3n) is 6.58. The predicted molar refractivity (Wildman–Crippen MR) is 158 cm³/mol. The summed E-state index contributed by atoms with van der Waals surface area (Å²) in [5.41, 5.74) is 5.10. The van der Waals surface area contributed by atoms with Crippen LogP contribution in [0.25, 0.3) is 27.4 Å². The van der Waals surface area contributed by atoms with Crippen LogP contribution in [0, 0.1) is 0 Å². The second-order valence-corrected chi connectivity index (χ2v) is 11.6. The smallest absolute Gasteiger partial charge is 0.362 e. The molecule has 40 heavy (non-hydrogen) atoms. The molecule has 0 aliphatic carbocycles. The van der Waals surface area contributed by atoms with Crippen LogP contribution in [-0.4, -0.2) is 28.0 Å². The van der Waals surface area contributed by atoms with Gasteiger partial charge in [-0.05, 0) is 48.2 Å². The fraction of sp³-hybridized carbons (Fsp3) is 0.200.